The van der Waals surface area contributed by atoms with Gasteiger partial charge in [-0.1, -0.05) is 35.3 Å². The number of benzene rings is 1. The number of aliphatic hydroxyl groups excluding tert-OH is 1. The van der Waals surface area contributed by atoms with Crippen molar-refractivity contribution in [3.63, 3.8) is 0 Å². The second kappa shape index (κ2) is 5.07. The Bertz CT molecular complexity index is 512. The predicted molar refractivity (Wildman–Crippen MR) is 72.5 cm³/mol. The van der Waals surface area contributed by atoms with Gasteiger partial charge >= 0.3 is 0 Å². The summed E-state index contributed by atoms with van der Waals surface area (Å²) in [4.78, 5) is 0.830. The molecule has 0 aliphatic rings. The number of hydrogen-bond acceptors (Lipinski definition) is 2. The molecule has 0 spiro atoms. The van der Waals surface area contributed by atoms with Crippen LogP contribution in [0.5, 0.6) is 0 Å². The van der Waals surface area contributed by atoms with Crippen LogP contribution in [-0.4, -0.2) is 5.11 Å². The van der Waals surface area contributed by atoms with Crippen molar-refractivity contribution in [3.8, 4) is 0 Å². The largest absolute Gasteiger partial charge is 0.383 e. The molecule has 1 nitrogen and oxygen atoms in total. The van der Waals surface area contributed by atoms with Gasteiger partial charge < -0.3 is 5.11 Å². The highest BCUT2D eigenvalue weighted by molar-refractivity contribution is 9.11. The Morgan fingerprint density at radius 2 is 1.94 bits per heavy atom. The Kier molecular flexibility index (Phi) is 3.93. The van der Waals surface area contributed by atoms with E-state index in [0.29, 0.717) is 15.6 Å². The lowest BCUT2D eigenvalue weighted by atomic mass is 10.1. The van der Waals surface area contributed by atoms with Crippen LogP contribution in [0.4, 0.5) is 0 Å². The van der Waals surface area contributed by atoms with Crippen molar-refractivity contribution in [2.75, 3.05) is 0 Å². The Balaban J connectivity index is 2.41. The normalized spacial score (nSPS) is 12.8. The van der Waals surface area contributed by atoms with E-state index in [4.69, 9.17) is 23.2 Å². The van der Waals surface area contributed by atoms with Crippen molar-refractivity contribution >= 4 is 50.5 Å². The fraction of sp³-hybridized carbons (Fsp3) is 0.0909. The van der Waals surface area contributed by atoms with Crippen molar-refractivity contribution in [1.29, 1.82) is 0 Å². The minimum atomic E-state index is -0.734. The van der Waals surface area contributed by atoms with E-state index in [1.54, 1.807) is 18.2 Å². The molecule has 2 aromatic rings. The Labute approximate surface area is 116 Å². The van der Waals surface area contributed by atoms with Crippen LogP contribution in [0.3, 0.4) is 0 Å². The lowest BCUT2D eigenvalue weighted by Gasteiger charge is -2.11. The topological polar surface area (TPSA) is 20.2 Å². The number of hydrogen-bond donors (Lipinski definition) is 1. The monoisotopic (exact) mass is 336 g/mol. The first kappa shape index (κ1) is 12.4. The molecule has 16 heavy (non-hydrogen) atoms. The van der Waals surface area contributed by atoms with Gasteiger partial charge in [-0.2, -0.15) is 0 Å². The highest BCUT2D eigenvalue weighted by Gasteiger charge is 2.16. The van der Waals surface area contributed by atoms with Gasteiger partial charge in [0, 0.05) is 10.4 Å². The summed E-state index contributed by atoms with van der Waals surface area (Å²) in [6.07, 6.45) is -0.734. The minimum Gasteiger partial charge on any atom is -0.383 e. The molecule has 0 aliphatic heterocycles. The molecular weight excluding hydrogens is 331 g/mol. The van der Waals surface area contributed by atoms with E-state index in [2.05, 4.69) is 15.9 Å². The molecule has 2 rings (SSSR count). The lowest BCUT2D eigenvalue weighted by molar-refractivity contribution is 0.224. The van der Waals surface area contributed by atoms with Crippen molar-refractivity contribution in [2.24, 2.45) is 0 Å². The zero-order chi connectivity index (χ0) is 11.7. The van der Waals surface area contributed by atoms with Gasteiger partial charge in [-0.05, 0) is 34.1 Å². The van der Waals surface area contributed by atoms with Gasteiger partial charge in [0.2, 0.25) is 0 Å². The van der Waals surface area contributed by atoms with Crippen LogP contribution in [0.1, 0.15) is 16.5 Å². The molecule has 1 N–H and O–H groups in total. The van der Waals surface area contributed by atoms with E-state index in [-0.39, 0.29) is 0 Å². The highest BCUT2D eigenvalue weighted by Crippen LogP contribution is 2.36. The lowest BCUT2D eigenvalue weighted by Crippen LogP contribution is -1.97. The molecule has 0 radical (unpaired) electrons. The molecule has 1 atom stereocenters. The average Bonchev–Trinajstić information content (AvgIpc) is 2.68. The molecule has 1 heterocycles. The Hall–Kier alpha value is -0.0600. The van der Waals surface area contributed by atoms with Gasteiger partial charge in [-0.25, -0.2) is 0 Å². The summed E-state index contributed by atoms with van der Waals surface area (Å²) >= 11 is 16.8. The van der Waals surface area contributed by atoms with Gasteiger partial charge in [-0.15, -0.1) is 11.3 Å². The van der Waals surface area contributed by atoms with E-state index in [0.717, 1.165) is 8.66 Å². The molecule has 0 saturated carbocycles. The maximum absolute atomic E-state index is 10.2. The third-order valence-corrected chi connectivity index (χ3v) is 4.65. The van der Waals surface area contributed by atoms with E-state index in [1.165, 1.54) is 11.3 Å². The van der Waals surface area contributed by atoms with Gasteiger partial charge in [0.05, 0.1) is 13.8 Å². The summed E-state index contributed by atoms with van der Waals surface area (Å²) in [5.41, 5.74) is 0.628. The first-order valence-corrected chi connectivity index (χ1v) is 6.83. The van der Waals surface area contributed by atoms with E-state index in [9.17, 15) is 5.11 Å². The first-order chi connectivity index (χ1) is 7.59. The summed E-state index contributed by atoms with van der Waals surface area (Å²) in [7, 11) is 0. The van der Waals surface area contributed by atoms with Crippen LogP contribution >= 0.6 is 50.5 Å². The number of thiophene rings is 1. The van der Waals surface area contributed by atoms with Crippen LogP contribution in [0.15, 0.2) is 34.1 Å². The van der Waals surface area contributed by atoms with Crippen molar-refractivity contribution in [1.82, 2.24) is 0 Å². The second-order valence-electron chi connectivity index (χ2n) is 3.19. The molecule has 5 heteroatoms. The summed E-state index contributed by atoms with van der Waals surface area (Å²) in [5, 5.41) is 11.0. The first-order valence-electron chi connectivity index (χ1n) is 4.47. The van der Waals surface area contributed by atoms with Crippen molar-refractivity contribution < 1.29 is 5.11 Å². The summed E-state index contributed by atoms with van der Waals surface area (Å²) in [5.74, 6) is 0. The SMILES string of the molecule is OC(c1ccc(Br)s1)c1cccc(Cl)c1Cl. The molecular formula is C11H7BrCl2OS. The van der Waals surface area contributed by atoms with E-state index < -0.39 is 6.10 Å². The maximum atomic E-state index is 10.2. The summed E-state index contributed by atoms with van der Waals surface area (Å²) in [6.45, 7) is 0. The zero-order valence-corrected chi connectivity index (χ0v) is 11.9. The van der Waals surface area contributed by atoms with E-state index in [1.807, 2.05) is 12.1 Å². The summed E-state index contributed by atoms with van der Waals surface area (Å²) < 4.78 is 0.972. The van der Waals surface area contributed by atoms with Gasteiger partial charge in [0.1, 0.15) is 6.10 Å². The van der Waals surface area contributed by atoms with Crippen molar-refractivity contribution in [3.05, 3.63) is 54.6 Å². The molecule has 84 valence electrons. The maximum Gasteiger partial charge on any atom is 0.115 e. The standard InChI is InChI=1S/C11H7BrCl2OS/c12-9-5-4-8(16-9)11(15)6-2-1-3-7(13)10(6)14/h1-5,11,15H. The van der Waals surface area contributed by atoms with Crippen LogP contribution < -0.4 is 0 Å². The van der Waals surface area contributed by atoms with Crippen molar-refractivity contribution in [2.45, 2.75) is 6.10 Å². The molecule has 1 aromatic heterocycles. The Morgan fingerprint density at radius 1 is 1.19 bits per heavy atom. The van der Waals surface area contributed by atoms with Gasteiger partial charge in [-0.3, -0.25) is 0 Å². The zero-order valence-electron chi connectivity index (χ0n) is 7.95. The molecule has 1 aromatic carbocycles. The summed E-state index contributed by atoms with van der Waals surface area (Å²) in [6, 6.07) is 8.99. The third-order valence-electron chi connectivity index (χ3n) is 2.14. The predicted octanol–water partition coefficient (Wildman–Crippen LogP) is 4.90. The molecule has 0 saturated heterocycles. The minimum absolute atomic E-state index is 0.404. The number of rotatable bonds is 2. The molecule has 0 amide bonds. The van der Waals surface area contributed by atoms with Crippen LogP contribution in [-0.2, 0) is 0 Å². The van der Waals surface area contributed by atoms with Crippen LogP contribution in [0.25, 0.3) is 0 Å². The van der Waals surface area contributed by atoms with Gasteiger partial charge in [0.25, 0.3) is 0 Å². The fourth-order valence-corrected chi connectivity index (χ4v) is 3.20. The quantitative estimate of drug-likeness (QED) is 0.826. The number of aliphatic hydroxyl groups is 1. The third kappa shape index (κ3) is 2.44. The molecule has 0 aliphatic carbocycles. The van der Waals surface area contributed by atoms with Gasteiger partial charge in [0.15, 0.2) is 0 Å². The fourth-order valence-electron chi connectivity index (χ4n) is 1.36. The smallest absolute Gasteiger partial charge is 0.115 e. The molecule has 0 bridgehead atoms. The highest BCUT2D eigenvalue weighted by atomic mass is 79.9. The number of halogens is 3. The second-order valence-corrected chi connectivity index (χ2v) is 6.47. The van der Waals surface area contributed by atoms with E-state index >= 15 is 0 Å². The average molecular weight is 338 g/mol. The van der Waals surface area contributed by atoms with Crippen LogP contribution in [0, 0.1) is 0 Å². The van der Waals surface area contributed by atoms with Crippen LogP contribution in [0.2, 0.25) is 10.0 Å². The molecule has 1 unspecified atom stereocenters. The molecule has 0 fully saturated rings. The Morgan fingerprint density at radius 3 is 2.56 bits per heavy atom.